The van der Waals surface area contributed by atoms with Crippen LogP contribution in [0.1, 0.15) is 32.1 Å². The summed E-state index contributed by atoms with van der Waals surface area (Å²) in [5.74, 6) is 0.789. The molecule has 1 atom stereocenters. The van der Waals surface area contributed by atoms with Gasteiger partial charge in [-0.05, 0) is 31.1 Å². The maximum Gasteiger partial charge on any atom is 0.407 e. The molecule has 0 aromatic carbocycles. The van der Waals surface area contributed by atoms with E-state index in [1.807, 2.05) is 0 Å². The third-order valence-electron chi connectivity index (χ3n) is 4.03. The van der Waals surface area contributed by atoms with Crippen molar-refractivity contribution in [3.8, 4) is 0 Å². The zero-order valence-corrected chi connectivity index (χ0v) is 12.0. The summed E-state index contributed by atoms with van der Waals surface area (Å²) in [6, 6.07) is -0.523. The Bertz CT molecular complexity index is 338. The maximum atomic E-state index is 12.3. The lowest BCUT2D eigenvalue weighted by atomic mass is 9.91. The van der Waals surface area contributed by atoms with Crippen molar-refractivity contribution < 1.29 is 19.1 Å². The van der Waals surface area contributed by atoms with Gasteiger partial charge in [-0.15, -0.1) is 0 Å². The smallest absolute Gasteiger partial charge is 0.407 e. The monoisotopic (exact) mass is 284 g/mol. The van der Waals surface area contributed by atoms with Crippen molar-refractivity contribution in [2.24, 2.45) is 11.8 Å². The summed E-state index contributed by atoms with van der Waals surface area (Å²) in [7, 11) is 1.31. The van der Waals surface area contributed by atoms with Crippen molar-refractivity contribution >= 4 is 12.0 Å². The second kappa shape index (κ2) is 7.47. The van der Waals surface area contributed by atoms with Gasteiger partial charge in [0.15, 0.2) is 0 Å². The number of hydrogen-bond donors (Lipinski definition) is 2. The van der Waals surface area contributed by atoms with E-state index < -0.39 is 12.1 Å². The van der Waals surface area contributed by atoms with Crippen LogP contribution >= 0.6 is 0 Å². The molecule has 6 nitrogen and oxygen atoms in total. The largest absolute Gasteiger partial charge is 0.453 e. The van der Waals surface area contributed by atoms with Crippen molar-refractivity contribution in [2.75, 3.05) is 26.9 Å². The average Bonchev–Trinajstić information content (AvgIpc) is 3.29. The Balaban J connectivity index is 1.84. The number of hydrogen-bond acceptors (Lipinski definition) is 4. The van der Waals surface area contributed by atoms with Crippen molar-refractivity contribution in [2.45, 2.75) is 38.1 Å². The van der Waals surface area contributed by atoms with E-state index >= 15 is 0 Å². The van der Waals surface area contributed by atoms with Crippen LogP contribution in [0.4, 0.5) is 4.79 Å². The van der Waals surface area contributed by atoms with Gasteiger partial charge in [-0.3, -0.25) is 4.79 Å². The number of rotatable bonds is 6. The highest BCUT2D eigenvalue weighted by atomic mass is 16.5. The second-order valence-electron chi connectivity index (χ2n) is 5.59. The van der Waals surface area contributed by atoms with Gasteiger partial charge in [0.2, 0.25) is 5.91 Å². The summed E-state index contributed by atoms with van der Waals surface area (Å²) in [5.41, 5.74) is 0. The summed E-state index contributed by atoms with van der Waals surface area (Å²) in [5, 5.41) is 5.59. The van der Waals surface area contributed by atoms with Gasteiger partial charge in [-0.2, -0.15) is 0 Å². The van der Waals surface area contributed by atoms with Crippen LogP contribution in [-0.2, 0) is 14.3 Å². The van der Waals surface area contributed by atoms with Crippen LogP contribution in [-0.4, -0.2) is 44.9 Å². The number of amides is 2. The summed E-state index contributed by atoms with van der Waals surface area (Å²) in [4.78, 5) is 23.7. The molecule has 0 aromatic heterocycles. The van der Waals surface area contributed by atoms with E-state index in [-0.39, 0.29) is 11.8 Å². The van der Waals surface area contributed by atoms with E-state index in [9.17, 15) is 9.59 Å². The Labute approximate surface area is 119 Å². The van der Waals surface area contributed by atoms with E-state index in [0.717, 1.165) is 25.2 Å². The van der Waals surface area contributed by atoms with Gasteiger partial charge in [0.25, 0.3) is 0 Å². The molecule has 2 rings (SSSR count). The molecule has 0 bridgehead atoms. The Hall–Kier alpha value is -1.30. The van der Waals surface area contributed by atoms with Crippen LogP contribution in [0, 0.1) is 11.8 Å². The molecule has 1 saturated carbocycles. The second-order valence-corrected chi connectivity index (χ2v) is 5.59. The lowest BCUT2D eigenvalue weighted by Gasteiger charge is -2.29. The van der Waals surface area contributed by atoms with E-state index in [1.165, 1.54) is 20.0 Å². The minimum Gasteiger partial charge on any atom is -0.453 e. The molecule has 6 heteroatoms. The fraction of sp³-hybridized carbons (Fsp3) is 0.857. The number of alkyl carbamates (subject to hydrolysis) is 1. The van der Waals surface area contributed by atoms with Gasteiger partial charge < -0.3 is 20.1 Å². The number of nitrogens with one attached hydrogen (secondary N) is 2. The third-order valence-corrected chi connectivity index (χ3v) is 4.03. The lowest BCUT2D eigenvalue weighted by Crippen LogP contribution is -2.52. The molecular formula is C14H24N2O4. The first-order valence-corrected chi connectivity index (χ1v) is 7.40. The Morgan fingerprint density at radius 1 is 1.25 bits per heavy atom. The molecule has 2 aliphatic rings. The van der Waals surface area contributed by atoms with Crippen molar-refractivity contribution in [1.29, 1.82) is 0 Å². The Morgan fingerprint density at radius 3 is 2.55 bits per heavy atom. The molecule has 0 radical (unpaired) electrons. The molecule has 0 unspecified atom stereocenters. The molecule has 2 N–H and O–H groups in total. The summed E-state index contributed by atoms with van der Waals surface area (Å²) in [6.07, 6.45) is 4.60. The summed E-state index contributed by atoms with van der Waals surface area (Å²) < 4.78 is 9.92. The minimum atomic E-state index is -0.557. The van der Waals surface area contributed by atoms with Crippen molar-refractivity contribution in [3.05, 3.63) is 0 Å². The molecule has 114 valence electrons. The van der Waals surface area contributed by atoms with Crippen molar-refractivity contribution in [1.82, 2.24) is 10.6 Å². The first-order valence-electron chi connectivity index (χ1n) is 7.40. The molecule has 20 heavy (non-hydrogen) atoms. The van der Waals surface area contributed by atoms with Crippen LogP contribution < -0.4 is 10.6 Å². The topological polar surface area (TPSA) is 76.7 Å². The Morgan fingerprint density at radius 2 is 1.95 bits per heavy atom. The van der Waals surface area contributed by atoms with Crippen LogP contribution in [0.5, 0.6) is 0 Å². The Kier molecular flexibility index (Phi) is 5.64. The molecular weight excluding hydrogens is 260 g/mol. The van der Waals surface area contributed by atoms with Gasteiger partial charge >= 0.3 is 6.09 Å². The zero-order valence-electron chi connectivity index (χ0n) is 12.0. The summed E-state index contributed by atoms with van der Waals surface area (Å²) in [6.45, 7) is 1.96. The number of methoxy groups -OCH3 is 1. The van der Waals surface area contributed by atoms with Crippen LogP contribution in [0.15, 0.2) is 0 Å². The van der Waals surface area contributed by atoms with Crippen LogP contribution in [0.3, 0.4) is 0 Å². The van der Waals surface area contributed by atoms with Gasteiger partial charge in [-0.1, -0.05) is 12.8 Å². The van der Waals surface area contributed by atoms with E-state index in [0.29, 0.717) is 19.8 Å². The molecule has 2 amide bonds. The zero-order chi connectivity index (χ0) is 14.4. The van der Waals surface area contributed by atoms with Gasteiger partial charge in [0.05, 0.1) is 7.11 Å². The van der Waals surface area contributed by atoms with Gasteiger partial charge in [0, 0.05) is 19.8 Å². The maximum absolute atomic E-state index is 12.3. The molecule has 1 aliphatic carbocycles. The average molecular weight is 284 g/mol. The molecule has 0 aromatic rings. The highest BCUT2D eigenvalue weighted by molar-refractivity contribution is 5.85. The first-order chi connectivity index (χ1) is 9.70. The third kappa shape index (κ3) is 4.67. The van der Waals surface area contributed by atoms with Gasteiger partial charge in [0.1, 0.15) is 6.04 Å². The fourth-order valence-electron chi connectivity index (χ4n) is 2.55. The highest BCUT2D eigenvalue weighted by Crippen LogP contribution is 2.31. The molecule has 1 saturated heterocycles. The number of ether oxygens (including phenoxy) is 2. The number of carbonyl (C=O) groups is 2. The predicted octanol–water partition coefficient (Wildman–Crippen LogP) is 1.05. The lowest BCUT2D eigenvalue weighted by molar-refractivity contribution is -0.125. The van der Waals surface area contributed by atoms with Gasteiger partial charge in [-0.25, -0.2) is 4.79 Å². The molecule has 1 aliphatic heterocycles. The normalized spacial score (nSPS) is 21.1. The SMILES string of the molecule is COC(=O)N[C@H](C(=O)NCCC1CC1)C1CCOCC1. The highest BCUT2D eigenvalue weighted by Gasteiger charge is 2.31. The molecule has 1 heterocycles. The molecule has 2 fully saturated rings. The number of carbonyl (C=O) groups excluding carboxylic acids is 2. The molecule has 0 spiro atoms. The first kappa shape index (κ1) is 15.1. The van der Waals surface area contributed by atoms with E-state index in [1.54, 1.807) is 0 Å². The van der Waals surface area contributed by atoms with E-state index in [2.05, 4.69) is 15.4 Å². The standard InChI is InChI=1S/C14H24N2O4/c1-19-14(18)16-12(11-5-8-20-9-6-11)13(17)15-7-4-10-2-3-10/h10-12H,2-9H2,1H3,(H,15,17)(H,16,18)/t12-/m0/s1. The summed E-state index contributed by atoms with van der Waals surface area (Å²) >= 11 is 0. The minimum absolute atomic E-state index is 0.108. The van der Waals surface area contributed by atoms with Crippen LogP contribution in [0.25, 0.3) is 0 Å². The fourth-order valence-corrected chi connectivity index (χ4v) is 2.55. The quantitative estimate of drug-likeness (QED) is 0.764. The predicted molar refractivity (Wildman–Crippen MR) is 73.2 cm³/mol. The van der Waals surface area contributed by atoms with Crippen LogP contribution in [0.2, 0.25) is 0 Å². The van der Waals surface area contributed by atoms with E-state index in [4.69, 9.17) is 4.74 Å². The van der Waals surface area contributed by atoms with Crippen molar-refractivity contribution in [3.63, 3.8) is 0 Å².